The standard InChI is InChI=1S/C18H24F2N2O5/c1-11(24)21-12-5-6-14(19)13(7-12)18(10-26-9-17(18,20)8-23)22-15(25)27-16(2,3)4/h5-7,23H,8-10H2,1-4H3,(H,21,24)(H,22,25)/t17-,18+/m0/s1. The molecule has 1 heterocycles. The Morgan fingerprint density at radius 3 is 2.56 bits per heavy atom. The van der Waals surface area contributed by atoms with Gasteiger partial charge in [0.05, 0.1) is 19.8 Å². The van der Waals surface area contributed by atoms with Crippen LogP contribution in [0.2, 0.25) is 0 Å². The number of anilines is 1. The van der Waals surface area contributed by atoms with E-state index in [1.165, 1.54) is 19.1 Å². The van der Waals surface area contributed by atoms with Crippen molar-refractivity contribution in [2.75, 3.05) is 25.1 Å². The molecule has 1 fully saturated rings. The lowest BCUT2D eigenvalue weighted by Crippen LogP contribution is -2.61. The molecular formula is C18H24F2N2O5. The number of amides is 2. The second-order valence-corrected chi connectivity index (χ2v) is 7.52. The molecule has 7 nitrogen and oxygen atoms in total. The molecule has 0 aliphatic carbocycles. The van der Waals surface area contributed by atoms with Crippen molar-refractivity contribution in [3.8, 4) is 0 Å². The van der Waals surface area contributed by atoms with Crippen LogP contribution in [0.25, 0.3) is 0 Å². The van der Waals surface area contributed by atoms with Gasteiger partial charge in [-0.2, -0.15) is 0 Å². The van der Waals surface area contributed by atoms with E-state index in [2.05, 4.69) is 10.6 Å². The molecule has 1 saturated heterocycles. The lowest BCUT2D eigenvalue weighted by atomic mass is 9.78. The lowest BCUT2D eigenvalue weighted by Gasteiger charge is -2.39. The second-order valence-electron chi connectivity index (χ2n) is 7.52. The normalized spacial score (nSPS) is 25.1. The number of aliphatic hydroxyl groups is 1. The summed E-state index contributed by atoms with van der Waals surface area (Å²) in [7, 11) is 0. The number of alkyl carbamates (subject to hydrolysis) is 1. The average molecular weight is 386 g/mol. The zero-order valence-corrected chi connectivity index (χ0v) is 15.7. The van der Waals surface area contributed by atoms with Gasteiger partial charge in [-0.05, 0) is 39.0 Å². The first kappa shape index (κ1) is 21.0. The Labute approximate surface area is 156 Å². The predicted octanol–water partition coefficient (Wildman–Crippen LogP) is 2.23. The van der Waals surface area contributed by atoms with Crippen LogP contribution in [0.4, 0.5) is 19.3 Å². The van der Waals surface area contributed by atoms with Crippen molar-refractivity contribution in [3.63, 3.8) is 0 Å². The number of carbonyl (C=O) groups is 2. The van der Waals surface area contributed by atoms with Gasteiger partial charge in [-0.15, -0.1) is 0 Å². The summed E-state index contributed by atoms with van der Waals surface area (Å²) in [6, 6.07) is 3.54. The Morgan fingerprint density at radius 1 is 1.33 bits per heavy atom. The highest BCUT2D eigenvalue weighted by molar-refractivity contribution is 5.88. The molecule has 1 aromatic carbocycles. The van der Waals surface area contributed by atoms with Crippen molar-refractivity contribution in [2.24, 2.45) is 0 Å². The number of hydrogen-bond acceptors (Lipinski definition) is 5. The zero-order valence-electron chi connectivity index (χ0n) is 15.7. The number of nitrogens with one attached hydrogen (secondary N) is 2. The summed E-state index contributed by atoms with van der Waals surface area (Å²) in [6.07, 6.45) is -0.993. The maximum Gasteiger partial charge on any atom is 0.408 e. The van der Waals surface area contributed by atoms with Gasteiger partial charge in [0.15, 0.2) is 5.67 Å². The lowest BCUT2D eigenvalue weighted by molar-refractivity contribution is -0.114. The summed E-state index contributed by atoms with van der Waals surface area (Å²) < 4.78 is 40.5. The highest BCUT2D eigenvalue weighted by atomic mass is 19.1. The van der Waals surface area contributed by atoms with Crippen LogP contribution >= 0.6 is 0 Å². The Hall–Kier alpha value is -2.26. The molecule has 1 aliphatic heterocycles. The largest absolute Gasteiger partial charge is 0.444 e. The molecule has 0 spiro atoms. The second kappa shape index (κ2) is 7.40. The van der Waals surface area contributed by atoms with E-state index in [0.29, 0.717) is 0 Å². The molecule has 1 aliphatic rings. The number of benzene rings is 1. The van der Waals surface area contributed by atoms with Gasteiger partial charge in [0.2, 0.25) is 5.91 Å². The number of alkyl halides is 1. The number of halogens is 2. The SMILES string of the molecule is CC(=O)Nc1ccc(F)c([C@]2(NC(=O)OC(C)(C)C)COC[C@@]2(F)CO)c1. The van der Waals surface area contributed by atoms with Crippen molar-refractivity contribution < 1.29 is 33.0 Å². The monoisotopic (exact) mass is 386 g/mol. The summed E-state index contributed by atoms with van der Waals surface area (Å²) in [6.45, 7) is 4.13. The smallest absolute Gasteiger partial charge is 0.408 e. The molecule has 150 valence electrons. The molecule has 1 aromatic rings. The van der Waals surface area contributed by atoms with Crippen LogP contribution in [-0.2, 0) is 19.8 Å². The summed E-state index contributed by atoms with van der Waals surface area (Å²) in [5.41, 5.74) is -5.48. The van der Waals surface area contributed by atoms with Crippen LogP contribution in [0.5, 0.6) is 0 Å². The number of rotatable bonds is 4. The van der Waals surface area contributed by atoms with Gasteiger partial charge < -0.3 is 25.2 Å². The quantitative estimate of drug-likeness (QED) is 0.737. The third-order valence-electron chi connectivity index (χ3n) is 4.13. The fraction of sp³-hybridized carbons (Fsp3) is 0.556. The van der Waals surface area contributed by atoms with Crippen molar-refractivity contribution in [1.29, 1.82) is 0 Å². The maximum absolute atomic E-state index is 15.5. The molecule has 2 atom stereocenters. The van der Waals surface area contributed by atoms with E-state index in [-0.39, 0.29) is 11.3 Å². The van der Waals surface area contributed by atoms with Gasteiger partial charge in [-0.3, -0.25) is 4.79 Å². The molecular weight excluding hydrogens is 362 g/mol. The van der Waals surface area contributed by atoms with Gasteiger partial charge in [0, 0.05) is 18.2 Å². The summed E-state index contributed by atoms with van der Waals surface area (Å²) in [5.74, 6) is -1.24. The van der Waals surface area contributed by atoms with Gasteiger partial charge in [-0.25, -0.2) is 13.6 Å². The van der Waals surface area contributed by atoms with E-state index in [4.69, 9.17) is 9.47 Å². The Bertz CT molecular complexity index is 737. The molecule has 2 rings (SSSR count). The molecule has 9 heteroatoms. The van der Waals surface area contributed by atoms with E-state index in [1.54, 1.807) is 20.8 Å². The molecule has 0 radical (unpaired) electrons. The van der Waals surface area contributed by atoms with Crippen LogP contribution in [0.15, 0.2) is 18.2 Å². The van der Waals surface area contributed by atoms with E-state index in [9.17, 15) is 19.1 Å². The van der Waals surface area contributed by atoms with Crippen LogP contribution in [0.3, 0.4) is 0 Å². The molecule has 0 aromatic heterocycles. The van der Waals surface area contributed by atoms with E-state index in [0.717, 1.165) is 6.07 Å². The molecule has 3 N–H and O–H groups in total. The highest BCUT2D eigenvalue weighted by Crippen LogP contribution is 2.43. The minimum absolute atomic E-state index is 0.205. The summed E-state index contributed by atoms with van der Waals surface area (Å²) >= 11 is 0. The number of carbonyl (C=O) groups excluding carboxylic acids is 2. The van der Waals surface area contributed by atoms with Gasteiger partial charge in [0.1, 0.15) is 17.0 Å². The predicted molar refractivity (Wildman–Crippen MR) is 93.5 cm³/mol. The van der Waals surface area contributed by atoms with E-state index < -0.39 is 54.4 Å². The van der Waals surface area contributed by atoms with Gasteiger partial charge in [0.25, 0.3) is 0 Å². The van der Waals surface area contributed by atoms with Crippen LogP contribution < -0.4 is 10.6 Å². The van der Waals surface area contributed by atoms with Crippen molar-refractivity contribution in [1.82, 2.24) is 5.32 Å². The van der Waals surface area contributed by atoms with Crippen molar-refractivity contribution >= 4 is 17.7 Å². The molecule has 0 unspecified atom stereocenters. The Balaban J connectivity index is 2.54. The van der Waals surface area contributed by atoms with Crippen molar-refractivity contribution in [2.45, 2.75) is 44.5 Å². The Morgan fingerprint density at radius 2 is 2.00 bits per heavy atom. The van der Waals surface area contributed by atoms with Gasteiger partial charge >= 0.3 is 6.09 Å². The number of hydrogen-bond donors (Lipinski definition) is 3. The fourth-order valence-corrected chi connectivity index (χ4v) is 2.94. The third kappa shape index (κ3) is 4.36. The zero-order chi connectivity index (χ0) is 20.5. The minimum Gasteiger partial charge on any atom is -0.444 e. The van der Waals surface area contributed by atoms with Crippen LogP contribution in [0, 0.1) is 5.82 Å². The Kier molecular flexibility index (Phi) is 5.77. The van der Waals surface area contributed by atoms with E-state index >= 15 is 4.39 Å². The molecule has 2 amide bonds. The minimum atomic E-state index is -2.50. The summed E-state index contributed by atoms with van der Waals surface area (Å²) in [5, 5.41) is 14.5. The van der Waals surface area contributed by atoms with Crippen LogP contribution in [0.1, 0.15) is 33.3 Å². The topological polar surface area (TPSA) is 96.9 Å². The number of ether oxygens (including phenoxy) is 2. The van der Waals surface area contributed by atoms with Crippen molar-refractivity contribution in [3.05, 3.63) is 29.6 Å². The third-order valence-corrected chi connectivity index (χ3v) is 4.13. The first-order valence-corrected chi connectivity index (χ1v) is 8.39. The fourth-order valence-electron chi connectivity index (χ4n) is 2.94. The van der Waals surface area contributed by atoms with Gasteiger partial charge in [-0.1, -0.05) is 0 Å². The molecule has 27 heavy (non-hydrogen) atoms. The van der Waals surface area contributed by atoms with E-state index in [1.807, 2.05) is 0 Å². The molecule has 0 bridgehead atoms. The first-order chi connectivity index (χ1) is 12.4. The molecule has 0 saturated carbocycles. The van der Waals surface area contributed by atoms with Crippen LogP contribution in [-0.4, -0.2) is 48.2 Å². The highest BCUT2D eigenvalue weighted by Gasteiger charge is 2.60. The number of aliphatic hydroxyl groups excluding tert-OH is 1. The first-order valence-electron chi connectivity index (χ1n) is 8.39. The summed E-state index contributed by atoms with van der Waals surface area (Å²) in [4.78, 5) is 23.6. The maximum atomic E-state index is 15.5. The average Bonchev–Trinajstić information content (AvgIpc) is 2.85.